The number of tetrazole rings is 1. The molecule has 0 bridgehead atoms. The number of aliphatic hydroxyl groups excluding tert-OH is 1. The maximum Gasteiger partial charge on any atom is 0.368 e. The minimum atomic E-state index is -0.322. The molecule has 0 atom stereocenters. The molecule has 0 saturated carbocycles. The fourth-order valence-corrected chi connectivity index (χ4v) is 3.74. The van der Waals surface area contributed by atoms with E-state index in [1.165, 1.54) is 14.9 Å². The Morgan fingerprint density at radius 2 is 2.06 bits per heavy atom. The summed E-state index contributed by atoms with van der Waals surface area (Å²) < 4.78 is 8.44. The molecule has 2 aromatic carbocycles. The highest BCUT2D eigenvalue weighted by atomic mass is 16.5. The highest BCUT2D eigenvalue weighted by Gasteiger charge is 2.18. The topological polar surface area (TPSA) is 107 Å². The molecule has 9 heteroatoms. The minimum Gasteiger partial charge on any atom is -0.475 e. The summed E-state index contributed by atoms with van der Waals surface area (Å²) in [6.45, 7) is 4.19. The Morgan fingerprint density at radius 3 is 2.78 bits per heavy atom. The van der Waals surface area contributed by atoms with E-state index in [4.69, 9.17) is 4.74 Å². The second-order valence-electron chi connectivity index (χ2n) is 7.70. The van der Waals surface area contributed by atoms with Gasteiger partial charge in [0.2, 0.25) is 5.90 Å². The number of aliphatic hydroxyl groups is 1. The Bertz CT molecular complexity index is 1250. The van der Waals surface area contributed by atoms with Crippen LogP contribution in [-0.4, -0.2) is 36.5 Å². The van der Waals surface area contributed by atoms with Crippen molar-refractivity contribution in [2.45, 2.75) is 46.3 Å². The van der Waals surface area contributed by atoms with Crippen LogP contribution in [0.15, 0.2) is 51.4 Å². The number of ether oxygens (including phenoxy) is 1. The number of benzene rings is 2. The molecule has 1 heterocycles. The molecular weight excluding hydrogens is 408 g/mol. The third-order valence-corrected chi connectivity index (χ3v) is 5.60. The van der Waals surface area contributed by atoms with E-state index in [1.807, 2.05) is 50.2 Å². The molecule has 3 aromatic rings. The Labute approximate surface area is 185 Å². The molecule has 0 unspecified atom stereocenters. The van der Waals surface area contributed by atoms with Gasteiger partial charge < -0.3 is 9.84 Å². The Morgan fingerprint density at radius 1 is 1.22 bits per heavy atom. The van der Waals surface area contributed by atoms with Crippen LogP contribution in [0.4, 0.5) is 0 Å². The normalized spacial score (nSPS) is 14.8. The van der Waals surface area contributed by atoms with Crippen molar-refractivity contribution in [1.29, 1.82) is 0 Å². The first-order valence-corrected chi connectivity index (χ1v) is 10.6. The van der Waals surface area contributed by atoms with Gasteiger partial charge in [-0.05, 0) is 52.9 Å². The highest BCUT2D eigenvalue weighted by Crippen LogP contribution is 2.24. The standard InChI is InChI=1S/C23H26N6O3/c1-4-22(25-24-20-11-9-17-12-16(13-30)8-10-18(17)20)32-14-19-15(2)6-5-7-21(19)29-23(31)28(3)26-27-29/h5-8,10,12,30H,4,9,11,13-14H2,1-3H3. The monoisotopic (exact) mass is 434 g/mol. The van der Waals surface area contributed by atoms with E-state index < -0.39 is 0 Å². The largest absolute Gasteiger partial charge is 0.475 e. The van der Waals surface area contributed by atoms with Crippen molar-refractivity contribution in [2.24, 2.45) is 17.3 Å². The van der Waals surface area contributed by atoms with Crippen molar-refractivity contribution in [1.82, 2.24) is 19.8 Å². The molecule has 4 rings (SSSR count). The quantitative estimate of drug-likeness (QED) is 0.364. The predicted octanol–water partition coefficient (Wildman–Crippen LogP) is 2.44. The number of rotatable bonds is 6. The zero-order valence-electron chi connectivity index (χ0n) is 18.4. The first kappa shape index (κ1) is 21.6. The molecular formula is C23H26N6O3. The van der Waals surface area contributed by atoms with E-state index >= 15 is 0 Å². The average Bonchev–Trinajstić information content (AvgIpc) is 3.37. The third kappa shape index (κ3) is 4.24. The van der Waals surface area contributed by atoms with Gasteiger partial charge in [0, 0.05) is 24.6 Å². The van der Waals surface area contributed by atoms with Crippen LogP contribution in [0.1, 0.15) is 47.6 Å². The van der Waals surface area contributed by atoms with E-state index in [0.29, 0.717) is 18.0 Å². The average molecular weight is 435 g/mol. The maximum atomic E-state index is 12.3. The van der Waals surface area contributed by atoms with E-state index in [9.17, 15) is 9.90 Å². The zero-order chi connectivity index (χ0) is 22.7. The number of hydrogen-bond donors (Lipinski definition) is 1. The van der Waals surface area contributed by atoms with Gasteiger partial charge in [0.1, 0.15) is 6.61 Å². The number of aromatic nitrogens is 4. The lowest BCUT2D eigenvalue weighted by atomic mass is 10.1. The molecule has 9 nitrogen and oxygen atoms in total. The summed E-state index contributed by atoms with van der Waals surface area (Å²) >= 11 is 0. The second-order valence-corrected chi connectivity index (χ2v) is 7.70. The predicted molar refractivity (Wildman–Crippen MR) is 121 cm³/mol. The van der Waals surface area contributed by atoms with Crippen molar-refractivity contribution in [3.05, 3.63) is 74.7 Å². The van der Waals surface area contributed by atoms with Crippen molar-refractivity contribution in [2.75, 3.05) is 0 Å². The van der Waals surface area contributed by atoms with Crippen LogP contribution in [0.3, 0.4) is 0 Å². The third-order valence-electron chi connectivity index (χ3n) is 5.60. The smallest absolute Gasteiger partial charge is 0.368 e. The highest BCUT2D eigenvalue weighted by molar-refractivity contribution is 6.04. The van der Waals surface area contributed by atoms with Gasteiger partial charge in [0.05, 0.1) is 18.0 Å². The van der Waals surface area contributed by atoms with Crippen LogP contribution in [0.5, 0.6) is 0 Å². The summed E-state index contributed by atoms with van der Waals surface area (Å²) in [6, 6.07) is 11.6. The van der Waals surface area contributed by atoms with Crippen LogP contribution >= 0.6 is 0 Å². The molecule has 0 saturated heterocycles. The molecule has 0 radical (unpaired) electrons. The molecule has 1 aliphatic carbocycles. The van der Waals surface area contributed by atoms with E-state index in [2.05, 4.69) is 20.6 Å². The summed E-state index contributed by atoms with van der Waals surface area (Å²) in [5, 5.41) is 25.9. The van der Waals surface area contributed by atoms with Crippen LogP contribution in [0, 0.1) is 6.92 Å². The minimum absolute atomic E-state index is 0.0350. The molecule has 0 spiro atoms. The first-order chi connectivity index (χ1) is 15.5. The second kappa shape index (κ2) is 9.27. The van der Waals surface area contributed by atoms with Gasteiger partial charge in [-0.25, -0.2) is 4.79 Å². The Hall–Kier alpha value is -3.59. The zero-order valence-corrected chi connectivity index (χ0v) is 18.4. The fraction of sp³-hybridized carbons (Fsp3) is 0.348. The van der Waals surface area contributed by atoms with Crippen molar-refractivity contribution in [3.63, 3.8) is 0 Å². The summed E-state index contributed by atoms with van der Waals surface area (Å²) in [4.78, 5) is 12.3. The van der Waals surface area contributed by atoms with E-state index in [0.717, 1.165) is 40.8 Å². The summed E-state index contributed by atoms with van der Waals surface area (Å²) in [7, 11) is 1.56. The van der Waals surface area contributed by atoms with Gasteiger partial charge in [-0.1, -0.05) is 37.3 Å². The Kier molecular flexibility index (Phi) is 6.27. The van der Waals surface area contributed by atoms with Crippen LogP contribution < -0.4 is 5.69 Å². The number of nitrogens with zero attached hydrogens (tertiary/aromatic N) is 6. The van der Waals surface area contributed by atoms with Crippen LogP contribution in [-0.2, 0) is 31.4 Å². The molecule has 1 aromatic heterocycles. The van der Waals surface area contributed by atoms with Gasteiger partial charge in [-0.3, -0.25) is 0 Å². The summed E-state index contributed by atoms with van der Waals surface area (Å²) in [5.74, 6) is 0.513. The fourth-order valence-electron chi connectivity index (χ4n) is 3.74. The first-order valence-electron chi connectivity index (χ1n) is 10.6. The molecule has 32 heavy (non-hydrogen) atoms. The van der Waals surface area contributed by atoms with Gasteiger partial charge in [0.15, 0.2) is 0 Å². The van der Waals surface area contributed by atoms with Gasteiger partial charge in [0.25, 0.3) is 0 Å². The maximum absolute atomic E-state index is 12.3. The van der Waals surface area contributed by atoms with E-state index in [1.54, 1.807) is 7.05 Å². The molecule has 1 N–H and O–H groups in total. The summed E-state index contributed by atoms with van der Waals surface area (Å²) in [5.41, 5.74) is 6.21. The van der Waals surface area contributed by atoms with Gasteiger partial charge >= 0.3 is 5.69 Å². The lowest BCUT2D eigenvalue weighted by molar-refractivity contribution is 0.281. The van der Waals surface area contributed by atoms with Gasteiger partial charge in [-0.15, -0.1) is 5.10 Å². The van der Waals surface area contributed by atoms with Crippen molar-refractivity contribution in [3.8, 4) is 5.69 Å². The molecule has 0 amide bonds. The number of fused-ring (bicyclic) bond motifs is 1. The lowest BCUT2D eigenvalue weighted by Crippen LogP contribution is -2.23. The van der Waals surface area contributed by atoms with Crippen molar-refractivity contribution >= 4 is 11.6 Å². The number of aryl methyl sites for hydroxylation is 3. The molecule has 166 valence electrons. The molecule has 1 aliphatic rings. The van der Waals surface area contributed by atoms with Gasteiger partial charge in [-0.2, -0.15) is 14.5 Å². The van der Waals surface area contributed by atoms with E-state index in [-0.39, 0.29) is 18.9 Å². The Balaban J connectivity index is 1.56. The van der Waals surface area contributed by atoms with Crippen LogP contribution in [0.2, 0.25) is 0 Å². The summed E-state index contributed by atoms with van der Waals surface area (Å²) in [6.07, 6.45) is 2.28. The molecule has 0 fully saturated rings. The lowest BCUT2D eigenvalue weighted by Gasteiger charge is -2.13. The SMILES string of the molecule is CCC(=NN=C1CCc2cc(CO)ccc21)OCc1c(C)cccc1-n1nnn(C)c1=O. The van der Waals surface area contributed by atoms with Crippen LogP contribution in [0.25, 0.3) is 5.69 Å². The molecule has 0 aliphatic heterocycles. The number of hydrogen-bond acceptors (Lipinski definition) is 7. The van der Waals surface area contributed by atoms with Crippen molar-refractivity contribution < 1.29 is 9.84 Å².